The first-order chi connectivity index (χ1) is 7.88. The lowest BCUT2D eigenvalue weighted by Crippen LogP contribution is -2.28. The van der Waals surface area contributed by atoms with Gasteiger partial charge in [0.25, 0.3) is 0 Å². The molecule has 0 aromatic heterocycles. The maximum absolute atomic E-state index is 12.8. The Morgan fingerprint density at radius 1 is 1.24 bits per heavy atom. The minimum absolute atomic E-state index is 0.233. The van der Waals surface area contributed by atoms with E-state index in [0.29, 0.717) is 5.56 Å². The van der Waals surface area contributed by atoms with Crippen LogP contribution in [-0.2, 0) is 6.18 Å². The van der Waals surface area contributed by atoms with Crippen LogP contribution in [0.4, 0.5) is 13.2 Å². The number of rotatable bonds is 4. The van der Waals surface area contributed by atoms with Gasteiger partial charge in [-0.1, -0.05) is 38.5 Å². The molecule has 0 heterocycles. The maximum Gasteiger partial charge on any atom is 0.416 e. The predicted octanol–water partition coefficient (Wildman–Crippen LogP) is 3.94. The molecule has 2 unspecified atom stereocenters. The molecule has 1 aromatic carbocycles. The van der Waals surface area contributed by atoms with Gasteiger partial charge in [-0.05, 0) is 24.0 Å². The Morgan fingerprint density at radius 3 is 2.35 bits per heavy atom. The van der Waals surface area contributed by atoms with Crippen LogP contribution in [-0.4, -0.2) is 6.04 Å². The first kappa shape index (κ1) is 14.0. The van der Waals surface area contributed by atoms with E-state index in [9.17, 15) is 13.2 Å². The fraction of sp³-hybridized carbons (Fsp3) is 0.538. The Labute approximate surface area is 99.8 Å². The number of benzene rings is 1. The van der Waals surface area contributed by atoms with Crippen molar-refractivity contribution >= 4 is 0 Å². The van der Waals surface area contributed by atoms with E-state index in [1.54, 1.807) is 13.0 Å². The zero-order valence-electron chi connectivity index (χ0n) is 10.1. The van der Waals surface area contributed by atoms with E-state index in [1.165, 1.54) is 12.1 Å². The molecular weight excluding hydrogens is 227 g/mol. The number of hydrogen-bond acceptors (Lipinski definition) is 1. The molecule has 0 bridgehead atoms. The molecule has 0 saturated heterocycles. The van der Waals surface area contributed by atoms with Crippen molar-refractivity contribution in [2.75, 3.05) is 0 Å². The van der Waals surface area contributed by atoms with Gasteiger partial charge in [-0.15, -0.1) is 0 Å². The van der Waals surface area contributed by atoms with Gasteiger partial charge >= 0.3 is 6.18 Å². The van der Waals surface area contributed by atoms with E-state index in [0.717, 1.165) is 18.9 Å². The second kappa shape index (κ2) is 5.54. The van der Waals surface area contributed by atoms with E-state index < -0.39 is 11.7 Å². The summed E-state index contributed by atoms with van der Waals surface area (Å²) in [5.41, 5.74) is 5.63. The molecule has 0 amide bonds. The van der Waals surface area contributed by atoms with E-state index in [-0.39, 0.29) is 12.0 Å². The monoisotopic (exact) mass is 245 g/mol. The molecule has 1 nitrogen and oxygen atoms in total. The molecule has 2 atom stereocenters. The van der Waals surface area contributed by atoms with Crippen LogP contribution in [0.2, 0.25) is 0 Å². The number of halogens is 3. The first-order valence-electron chi connectivity index (χ1n) is 5.79. The van der Waals surface area contributed by atoms with E-state index in [2.05, 4.69) is 0 Å². The lowest BCUT2D eigenvalue weighted by atomic mass is 9.88. The van der Waals surface area contributed by atoms with Crippen molar-refractivity contribution in [3.63, 3.8) is 0 Å². The fourth-order valence-corrected chi connectivity index (χ4v) is 1.97. The molecule has 0 radical (unpaired) electrons. The Kier molecular flexibility index (Phi) is 4.57. The van der Waals surface area contributed by atoms with E-state index >= 15 is 0 Å². The lowest BCUT2D eigenvalue weighted by molar-refractivity contribution is -0.138. The summed E-state index contributed by atoms with van der Waals surface area (Å²) in [5.74, 6) is -0.284. The highest BCUT2D eigenvalue weighted by Crippen LogP contribution is 2.36. The molecule has 2 N–H and O–H groups in total. The van der Waals surface area contributed by atoms with Gasteiger partial charge in [0.15, 0.2) is 0 Å². The molecule has 0 aliphatic rings. The van der Waals surface area contributed by atoms with Gasteiger partial charge in [0.1, 0.15) is 0 Å². The third-order valence-electron chi connectivity index (χ3n) is 3.02. The summed E-state index contributed by atoms with van der Waals surface area (Å²) < 4.78 is 38.5. The molecule has 4 heteroatoms. The van der Waals surface area contributed by atoms with Crippen LogP contribution in [0.25, 0.3) is 0 Å². The van der Waals surface area contributed by atoms with Crippen molar-refractivity contribution in [1.82, 2.24) is 0 Å². The quantitative estimate of drug-likeness (QED) is 0.854. The van der Waals surface area contributed by atoms with Crippen molar-refractivity contribution in [1.29, 1.82) is 0 Å². The molecule has 0 aliphatic carbocycles. The largest absolute Gasteiger partial charge is 0.416 e. The molecule has 0 aliphatic heterocycles. The third kappa shape index (κ3) is 3.46. The summed E-state index contributed by atoms with van der Waals surface area (Å²) in [6, 6.07) is 5.43. The lowest BCUT2D eigenvalue weighted by Gasteiger charge is -2.23. The van der Waals surface area contributed by atoms with E-state index in [1.807, 2.05) is 6.92 Å². The molecule has 0 saturated carbocycles. The van der Waals surface area contributed by atoms with E-state index in [4.69, 9.17) is 5.73 Å². The highest BCUT2D eigenvalue weighted by atomic mass is 19.4. The van der Waals surface area contributed by atoms with Crippen molar-refractivity contribution in [2.24, 2.45) is 5.73 Å². The summed E-state index contributed by atoms with van der Waals surface area (Å²) in [6.07, 6.45) is -2.70. The highest BCUT2D eigenvalue weighted by molar-refractivity contribution is 5.33. The summed E-state index contributed by atoms with van der Waals surface area (Å²) in [6.45, 7) is 3.73. The maximum atomic E-state index is 12.8. The topological polar surface area (TPSA) is 26.0 Å². The van der Waals surface area contributed by atoms with Gasteiger partial charge in [0.05, 0.1) is 5.56 Å². The first-order valence-corrected chi connectivity index (χ1v) is 5.79. The molecule has 96 valence electrons. The highest BCUT2D eigenvalue weighted by Gasteiger charge is 2.34. The third-order valence-corrected chi connectivity index (χ3v) is 3.02. The molecule has 17 heavy (non-hydrogen) atoms. The van der Waals surface area contributed by atoms with Gasteiger partial charge in [-0.2, -0.15) is 13.2 Å². The summed E-state index contributed by atoms with van der Waals surface area (Å²) in [4.78, 5) is 0. The average molecular weight is 245 g/mol. The predicted molar refractivity (Wildman–Crippen MR) is 62.7 cm³/mol. The smallest absolute Gasteiger partial charge is 0.327 e. The molecule has 1 rings (SSSR count). The van der Waals surface area contributed by atoms with Crippen molar-refractivity contribution < 1.29 is 13.2 Å². The van der Waals surface area contributed by atoms with Crippen molar-refractivity contribution in [2.45, 2.75) is 44.8 Å². The van der Waals surface area contributed by atoms with Crippen LogP contribution in [0.5, 0.6) is 0 Å². The Morgan fingerprint density at radius 2 is 1.82 bits per heavy atom. The van der Waals surface area contributed by atoms with Crippen LogP contribution < -0.4 is 5.73 Å². The van der Waals surface area contributed by atoms with Gasteiger partial charge < -0.3 is 5.73 Å². The summed E-state index contributed by atoms with van der Waals surface area (Å²) in [7, 11) is 0. The standard InChI is InChI=1S/C13H18F3N/c1-3-6-12(17)9(2)10-7-4-5-8-11(10)13(14,15)16/h4-5,7-9,12H,3,6,17H2,1-2H3. The minimum atomic E-state index is -4.31. The van der Waals surface area contributed by atoms with Gasteiger partial charge in [-0.25, -0.2) is 0 Å². The second-order valence-corrected chi connectivity index (χ2v) is 4.33. The van der Waals surface area contributed by atoms with Crippen LogP contribution in [0.1, 0.15) is 43.7 Å². The van der Waals surface area contributed by atoms with Crippen molar-refractivity contribution in [3.8, 4) is 0 Å². The Hall–Kier alpha value is -1.03. The SMILES string of the molecule is CCCC(N)C(C)c1ccccc1C(F)(F)F. The minimum Gasteiger partial charge on any atom is -0.327 e. The molecule has 1 aromatic rings. The number of alkyl halides is 3. The average Bonchev–Trinajstić information content (AvgIpc) is 2.27. The van der Waals surface area contributed by atoms with Gasteiger partial charge in [0.2, 0.25) is 0 Å². The Balaban J connectivity index is 3.05. The fourth-order valence-electron chi connectivity index (χ4n) is 1.97. The van der Waals surface area contributed by atoms with Gasteiger partial charge in [-0.3, -0.25) is 0 Å². The van der Waals surface area contributed by atoms with Crippen LogP contribution in [0, 0.1) is 0 Å². The van der Waals surface area contributed by atoms with Crippen LogP contribution in [0.15, 0.2) is 24.3 Å². The normalized spacial score (nSPS) is 15.6. The Bertz CT molecular complexity index is 360. The van der Waals surface area contributed by atoms with Crippen LogP contribution in [0.3, 0.4) is 0 Å². The van der Waals surface area contributed by atoms with Crippen molar-refractivity contribution in [3.05, 3.63) is 35.4 Å². The second-order valence-electron chi connectivity index (χ2n) is 4.33. The summed E-state index contributed by atoms with van der Waals surface area (Å²) in [5, 5.41) is 0. The van der Waals surface area contributed by atoms with Gasteiger partial charge in [0, 0.05) is 6.04 Å². The summed E-state index contributed by atoms with van der Waals surface area (Å²) >= 11 is 0. The molecular formula is C13H18F3N. The molecule has 0 spiro atoms. The zero-order chi connectivity index (χ0) is 13.1. The molecule has 0 fully saturated rings. The number of nitrogens with two attached hydrogens (primary N) is 1. The number of hydrogen-bond donors (Lipinski definition) is 1. The zero-order valence-corrected chi connectivity index (χ0v) is 10.1. The van der Waals surface area contributed by atoms with Crippen LogP contribution >= 0.6 is 0 Å².